The van der Waals surface area contributed by atoms with Gasteiger partial charge in [0.2, 0.25) is 11.8 Å². The predicted molar refractivity (Wildman–Crippen MR) is 64.7 cm³/mol. The summed E-state index contributed by atoms with van der Waals surface area (Å²) in [5.41, 5.74) is 0.610. The van der Waals surface area contributed by atoms with Gasteiger partial charge in [0.15, 0.2) is 0 Å². The van der Waals surface area contributed by atoms with Crippen LogP contribution < -0.4 is 10.2 Å². The monoisotopic (exact) mass is 249 g/mol. The third-order valence-corrected chi connectivity index (χ3v) is 2.95. The van der Waals surface area contributed by atoms with Gasteiger partial charge >= 0.3 is 0 Å². The number of hydrogen-bond acceptors (Lipinski definition) is 5. The van der Waals surface area contributed by atoms with Gasteiger partial charge in [-0.1, -0.05) is 13.0 Å². The van der Waals surface area contributed by atoms with Crippen LogP contribution in [0.4, 0.5) is 5.82 Å². The molecular weight excluding hydrogens is 234 g/mol. The van der Waals surface area contributed by atoms with Crippen LogP contribution in [0.25, 0.3) is 0 Å². The van der Waals surface area contributed by atoms with Crippen LogP contribution >= 0.6 is 0 Å². The highest BCUT2D eigenvalue weighted by Gasteiger charge is 2.34. The van der Waals surface area contributed by atoms with Crippen molar-refractivity contribution in [3.8, 4) is 0 Å². The molecule has 96 valence electrons. The summed E-state index contributed by atoms with van der Waals surface area (Å²) in [6.45, 7) is 1.77. The maximum absolute atomic E-state index is 11.8. The van der Waals surface area contributed by atoms with Crippen molar-refractivity contribution in [1.82, 2.24) is 10.3 Å². The topological polar surface area (TPSA) is 82.5 Å². The van der Waals surface area contributed by atoms with Crippen molar-refractivity contribution in [2.45, 2.75) is 26.0 Å². The number of aromatic nitrogens is 1. The van der Waals surface area contributed by atoms with Gasteiger partial charge in [0.1, 0.15) is 11.9 Å². The van der Waals surface area contributed by atoms with Crippen LogP contribution in [0.15, 0.2) is 18.3 Å². The minimum absolute atomic E-state index is 0.0776. The molecule has 1 aliphatic heterocycles. The van der Waals surface area contributed by atoms with Gasteiger partial charge in [0, 0.05) is 11.8 Å². The van der Waals surface area contributed by atoms with E-state index < -0.39 is 6.04 Å². The normalized spacial score (nSPS) is 19.9. The van der Waals surface area contributed by atoms with E-state index in [4.69, 9.17) is 0 Å². The lowest BCUT2D eigenvalue weighted by Gasteiger charge is -2.35. The fourth-order valence-electron chi connectivity index (χ4n) is 2.11. The van der Waals surface area contributed by atoms with E-state index in [-0.39, 0.29) is 25.0 Å². The zero-order chi connectivity index (χ0) is 13.1. The molecule has 0 aromatic carbocycles. The first kappa shape index (κ1) is 12.5. The molecule has 0 radical (unpaired) electrons. The Labute approximate surface area is 105 Å². The number of piperazine rings is 1. The number of rotatable bonds is 3. The molecule has 1 aliphatic rings. The van der Waals surface area contributed by atoms with Gasteiger partial charge in [-0.05, 0) is 12.5 Å². The highest BCUT2D eigenvalue weighted by molar-refractivity contribution is 6.04. The van der Waals surface area contributed by atoms with Gasteiger partial charge in [-0.3, -0.25) is 14.9 Å². The Balaban J connectivity index is 2.39. The summed E-state index contributed by atoms with van der Waals surface area (Å²) in [6.07, 6.45) is 2.15. The maximum Gasteiger partial charge on any atom is 0.249 e. The van der Waals surface area contributed by atoms with E-state index in [1.165, 1.54) is 0 Å². The first-order valence-electron chi connectivity index (χ1n) is 5.82. The lowest BCUT2D eigenvalue weighted by atomic mass is 10.1. The first-order valence-corrected chi connectivity index (χ1v) is 5.82. The largest absolute Gasteiger partial charge is 0.392 e. The molecule has 1 aromatic heterocycles. The number of carbonyl (C=O) groups is 2. The Bertz CT molecular complexity index is 475. The van der Waals surface area contributed by atoms with Gasteiger partial charge in [0.25, 0.3) is 0 Å². The number of carbonyl (C=O) groups excluding carboxylic acids is 2. The molecular formula is C12H15N3O3. The Morgan fingerprint density at radius 1 is 1.56 bits per heavy atom. The van der Waals surface area contributed by atoms with Crippen molar-refractivity contribution in [2.75, 3.05) is 11.4 Å². The summed E-state index contributed by atoms with van der Waals surface area (Å²) < 4.78 is 0. The molecule has 0 spiro atoms. The highest BCUT2D eigenvalue weighted by Crippen LogP contribution is 2.22. The van der Waals surface area contributed by atoms with Gasteiger partial charge in [-0.25, -0.2) is 4.98 Å². The average molecular weight is 249 g/mol. The number of hydrogen-bond donors (Lipinski definition) is 2. The lowest BCUT2D eigenvalue weighted by molar-refractivity contribution is -0.132. The van der Waals surface area contributed by atoms with Crippen molar-refractivity contribution in [1.29, 1.82) is 0 Å². The SMILES string of the molecule is CCC1C(=O)NC(=O)CN1c1ncccc1CO. The van der Waals surface area contributed by atoms with Crippen molar-refractivity contribution >= 4 is 17.6 Å². The standard InChI is InChI=1S/C12H15N3O3/c1-2-9-12(18)14-10(17)6-15(9)11-8(7-16)4-3-5-13-11/h3-5,9,16H,2,6-7H2,1H3,(H,14,17,18). The molecule has 6 nitrogen and oxygen atoms in total. The zero-order valence-electron chi connectivity index (χ0n) is 10.1. The fourth-order valence-corrected chi connectivity index (χ4v) is 2.11. The van der Waals surface area contributed by atoms with Crippen LogP contribution in [0.5, 0.6) is 0 Å². The second-order valence-electron chi connectivity index (χ2n) is 4.11. The smallest absolute Gasteiger partial charge is 0.249 e. The molecule has 1 fully saturated rings. The zero-order valence-corrected chi connectivity index (χ0v) is 10.1. The van der Waals surface area contributed by atoms with E-state index in [2.05, 4.69) is 10.3 Å². The van der Waals surface area contributed by atoms with Gasteiger partial charge in [-0.15, -0.1) is 0 Å². The molecule has 2 rings (SSSR count). The lowest BCUT2D eigenvalue weighted by Crippen LogP contribution is -2.58. The summed E-state index contributed by atoms with van der Waals surface area (Å²) in [4.78, 5) is 29.0. The quantitative estimate of drug-likeness (QED) is 0.726. The molecule has 18 heavy (non-hydrogen) atoms. The Morgan fingerprint density at radius 3 is 3.00 bits per heavy atom. The van der Waals surface area contributed by atoms with Crippen molar-refractivity contribution in [2.24, 2.45) is 0 Å². The van der Waals surface area contributed by atoms with E-state index in [9.17, 15) is 14.7 Å². The number of pyridine rings is 1. The number of nitrogens with one attached hydrogen (secondary N) is 1. The number of aliphatic hydroxyl groups is 1. The number of aliphatic hydroxyl groups excluding tert-OH is 1. The molecule has 1 aromatic rings. The molecule has 1 atom stereocenters. The predicted octanol–water partition coefficient (Wildman–Crippen LogP) is -0.185. The van der Waals surface area contributed by atoms with Gasteiger partial charge < -0.3 is 10.0 Å². The van der Waals surface area contributed by atoms with Crippen LogP contribution in [0, 0.1) is 0 Å². The first-order chi connectivity index (χ1) is 8.67. The summed E-state index contributed by atoms with van der Waals surface area (Å²) in [5, 5.41) is 11.6. The van der Waals surface area contributed by atoms with E-state index in [0.29, 0.717) is 17.8 Å². The maximum atomic E-state index is 11.8. The number of nitrogens with zero attached hydrogens (tertiary/aromatic N) is 2. The summed E-state index contributed by atoms with van der Waals surface area (Å²) in [7, 11) is 0. The highest BCUT2D eigenvalue weighted by atomic mass is 16.3. The van der Waals surface area contributed by atoms with Crippen LogP contribution in [0.1, 0.15) is 18.9 Å². The third kappa shape index (κ3) is 2.19. The Kier molecular flexibility index (Phi) is 3.57. The van der Waals surface area contributed by atoms with Gasteiger partial charge in [0.05, 0.1) is 13.2 Å². The molecule has 2 N–H and O–H groups in total. The Morgan fingerprint density at radius 2 is 2.33 bits per heavy atom. The number of imide groups is 1. The molecule has 2 heterocycles. The molecule has 6 heteroatoms. The summed E-state index contributed by atoms with van der Waals surface area (Å²) in [5.74, 6) is -0.169. The third-order valence-electron chi connectivity index (χ3n) is 2.95. The van der Waals surface area contributed by atoms with E-state index in [1.54, 1.807) is 23.2 Å². The molecule has 0 bridgehead atoms. The fraction of sp³-hybridized carbons (Fsp3) is 0.417. The van der Waals surface area contributed by atoms with Crippen molar-refractivity contribution < 1.29 is 14.7 Å². The van der Waals surface area contributed by atoms with Gasteiger partial charge in [-0.2, -0.15) is 0 Å². The minimum atomic E-state index is -0.428. The van der Waals surface area contributed by atoms with Crippen molar-refractivity contribution in [3.63, 3.8) is 0 Å². The number of amides is 2. The average Bonchev–Trinajstić information content (AvgIpc) is 2.38. The molecule has 1 saturated heterocycles. The molecule has 1 unspecified atom stereocenters. The molecule has 2 amide bonds. The van der Waals surface area contributed by atoms with Crippen LogP contribution in [0.2, 0.25) is 0 Å². The molecule has 0 aliphatic carbocycles. The van der Waals surface area contributed by atoms with E-state index in [0.717, 1.165) is 0 Å². The van der Waals surface area contributed by atoms with E-state index in [1.807, 2.05) is 6.92 Å². The number of anilines is 1. The van der Waals surface area contributed by atoms with Crippen LogP contribution in [-0.2, 0) is 16.2 Å². The van der Waals surface area contributed by atoms with Crippen LogP contribution in [-0.4, -0.2) is 34.5 Å². The Hall–Kier alpha value is -1.95. The summed E-state index contributed by atoms with van der Waals surface area (Å²) in [6, 6.07) is 3.01. The van der Waals surface area contributed by atoms with E-state index >= 15 is 0 Å². The summed E-state index contributed by atoms with van der Waals surface area (Å²) >= 11 is 0. The van der Waals surface area contributed by atoms with Crippen molar-refractivity contribution in [3.05, 3.63) is 23.9 Å². The second kappa shape index (κ2) is 5.14. The minimum Gasteiger partial charge on any atom is -0.392 e. The van der Waals surface area contributed by atoms with Crippen LogP contribution in [0.3, 0.4) is 0 Å². The molecule has 0 saturated carbocycles. The second-order valence-corrected chi connectivity index (χ2v) is 4.11.